The molecule has 2 aromatic carbocycles. The van der Waals surface area contributed by atoms with Gasteiger partial charge in [-0.2, -0.15) is 9.97 Å². The molecule has 0 unspecified atom stereocenters. The van der Waals surface area contributed by atoms with Crippen LogP contribution < -0.4 is 24.0 Å². The zero-order chi connectivity index (χ0) is 37.3. The second-order valence-corrected chi connectivity index (χ2v) is 13.3. The number of aryl methyl sites for hydroxylation is 6. The number of rotatable bonds is 13. The minimum atomic E-state index is 0.448. The Labute approximate surface area is 301 Å². The Balaban J connectivity index is 0.000000270. The van der Waals surface area contributed by atoms with Crippen LogP contribution in [-0.2, 0) is 0 Å². The molecule has 0 amide bonds. The number of hydrogen-bond donors (Lipinski definition) is 0. The minimum absolute atomic E-state index is 0.448. The molecule has 9 heteroatoms. The van der Waals surface area contributed by atoms with Crippen molar-refractivity contribution >= 4 is 11.6 Å². The Hall–Kier alpha value is -4.40. The molecule has 0 bridgehead atoms. The van der Waals surface area contributed by atoms with E-state index in [1.807, 2.05) is 52.8 Å². The first-order valence-corrected chi connectivity index (χ1v) is 17.9. The number of ether oxygens (including phenoxy) is 3. The summed E-state index contributed by atoms with van der Waals surface area (Å²) in [6.45, 7) is 25.0. The van der Waals surface area contributed by atoms with E-state index in [1.165, 1.54) is 5.56 Å². The molecule has 0 aliphatic heterocycles. The van der Waals surface area contributed by atoms with Crippen LogP contribution in [0.15, 0.2) is 30.3 Å². The monoisotopic (exact) mass is 684 g/mol. The van der Waals surface area contributed by atoms with Crippen LogP contribution in [0.1, 0.15) is 98.4 Å². The van der Waals surface area contributed by atoms with Crippen molar-refractivity contribution in [2.45, 2.75) is 121 Å². The summed E-state index contributed by atoms with van der Waals surface area (Å²) in [5, 5.41) is 0. The summed E-state index contributed by atoms with van der Waals surface area (Å²) in [5.41, 5.74) is 6.44. The predicted octanol–water partition coefficient (Wildman–Crippen LogP) is 10.3. The van der Waals surface area contributed by atoms with Crippen LogP contribution in [-0.4, -0.2) is 53.2 Å². The van der Waals surface area contributed by atoms with Crippen LogP contribution in [0.2, 0.25) is 0 Å². The van der Waals surface area contributed by atoms with Gasteiger partial charge in [-0.15, -0.1) is 0 Å². The average molecular weight is 685 g/mol. The zero-order valence-electron chi connectivity index (χ0n) is 33.3. The van der Waals surface area contributed by atoms with Crippen molar-refractivity contribution in [2.24, 2.45) is 0 Å². The van der Waals surface area contributed by atoms with Crippen molar-refractivity contribution in [2.75, 3.05) is 31.0 Å². The largest absolute Gasteiger partial charge is 0.497 e. The molecule has 0 atom stereocenters. The highest BCUT2D eigenvalue weighted by atomic mass is 16.5. The summed E-state index contributed by atoms with van der Waals surface area (Å²) < 4.78 is 17.6. The molecule has 2 heterocycles. The number of methoxy groups -OCH3 is 1. The van der Waals surface area contributed by atoms with Gasteiger partial charge in [0, 0.05) is 26.2 Å². The van der Waals surface area contributed by atoms with Crippen molar-refractivity contribution in [3.63, 3.8) is 0 Å². The fraction of sp³-hybridized carbons (Fsp3) is 0.512. The van der Waals surface area contributed by atoms with Crippen molar-refractivity contribution < 1.29 is 14.2 Å². The molecule has 272 valence electrons. The van der Waals surface area contributed by atoms with E-state index in [0.29, 0.717) is 29.7 Å². The highest BCUT2D eigenvalue weighted by molar-refractivity contribution is 5.54. The first-order chi connectivity index (χ1) is 23.7. The van der Waals surface area contributed by atoms with Gasteiger partial charge in [0.25, 0.3) is 0 Å². The molecule has 0 aliphatic carbocycles. The van der Waals surface area contributed by atoms with Gasteiger partial charge in [0.1, 0.15) is 40.5 Å². The second kappa shape index (κ2) is 18.0. The number of nitrogens with zero attached hydrogens (tertiary/aromatic N) is 6. The van der Waals surface area contributed by atoms with E-state index >= 15 is 0 Å². The van der Waals surface area contributed by atoms with Crippen molar-refractivity contribution in [1.82, 2.24) is 19.9 Å². The summed E-state index contributed by atoms with van der Waals surface area (Å²) in [4.78, 5) is 22.9. The summed E-state index contributed by atoms with van der Waals surface area (Å²) in [7, 11) is 5.86. The smallest absolute Gasteiger partial charge is 0.227 e. The topological polar surface area (TPSA) is 85.7 Å². The average Bonchev–Trinajstić information content (AvgIpc) is 3.07. The van der Waals surface area contributed by atoms with E-state index in [2.05, 4.69) is 104 Å². The lowest BCUT2D eigenvalue weighted by atomic mass is 10.1. The fourth-order valence-corrected chi connectivity index (χ4v) is 6.47. The molecule has 0 fully saturated rings. The van der Waals surface area contributed by atoms with Gasteiger partial charge in [-0.25, -0.2) is 9.97 Å². The van der Waals surface area contributed by atoms with Crippen LogP contribution in [0.4, 0.5) is 11.6 Å². The summed E-state index contributed by atoms with van der Waals surface area (Å²) in [5.74, 6) is 7.07. The maximum Gasteiger partial charge on any atom is 0.227 e. The molecule has 2 aromatic heterocycles. The van der Waals surface area contributed by atoms with Crippen molar-refractivity contribution in [3.05, 3.63) is 75.4 Å². The first-order valence-electron chi connectivity index (χ1n) is 17.9. The standard InChI is InChI=1S/C21H31N3O.C20H29N3O2/c1-9-18(10-2)24(8)20-16(6)21(23-17(7)22-20)25-19-14(4)11-13(3)12-15(19)5;1-8-16(9-2)23(6)19-14(4)20(22-15(5)21-19)25-18-11-10-17(24-7)12-13(18)3/h11-12,18H,9-10H2,1-8H3;10-12,16H,8-9H2,1-7H3. The van der Waals surface area contributed by atoms with Gasteiger partial charge in [-0.1, -0.05) is 45.4 Å². The molecule has 0 saturated carbocycles. The van der Waals surface area contributed by atoms with E-state index in [1.54, 1.807) is 7.11 Å². The van der Waals surface area contributed by atoms with E-state index in [4.69, 9.17) is 14.2 Å². The number of benzene rings is 2. The van der Waals surface area contributed by atoms with Crippen LogP contribution in [0.5, 0.6) is 29.0 Å². The second-order valence-electron chi connectivity index (χ2n) is 13.3. The van der Waals surface area contributed by atoms with Gasteiger partial charge >= 0.3 is 0 Å². The summed E-state index contributed by atoms with van der Waals surface area (Å²) >= 11 is 0. The Morgan fingerprint density at radius 3 is 1.42 bits per heavy atom. The molecule has 4 aromatic rings. The van der Waals surface area contributed by atoms with E-state index in [-0.39, 0.29) is 0 Å². The molecule has 0 aliphatic rings. The van der Waals surface area contributed by atoms with Gasteiger partial charge in [0.2, 0.25) is 11.8 Å². The predicted molar refractivity (Wildman–Crippen MR) is 207 cm³/mol. The molecule has 9 nitrogen and oxygen atoms in total. The van der Waals surface area contributed by atoms with Crippen LogP contribution in [0.3, 0.4) is 0 Å². The molecule has 0 N–H and O–H groups in total. The molecule has 0 radical (unpaired) electrons. The Morgan fingerprint density at radius 1 is 0.580 bits per heavy atom. The number of hydrogen-bond acceptors (Lipinski definition) is 9. The van der Waals surface area contributed by atoms with Crippen LogP contribution >= 0.6 is 0 Å². The lowest BCUT2D eigenvalue weighted by Gasteiger charge is -2.29. The Kier molecular flexibility index (Phi) is 14.4. The van der Waals surface area contributed by atoms with Crippen LogP contribution in [0.25, 0.3) is 0 Å². The highest BCUT2D eigenvalue weighted by Crippen LogP contribution is 2.35. The molecule has 0 spiro atoms. The zero-order valence-corrected chi connectivity index (χ0v) is 33.3. The molecular weight excluding hydrogens is 624 g/mol. The highest BCUT2D eigenvalue weighted by Gasteiger charge is 2.21. The maximum absolute atomic E-state index is 6.27. The third kappa shape index (κ3) is 9.64. The lowest BCUT2D eigenvalue weighted by molar-refractivity contribution is 0.410. The van der Waals surface area contributed by atoms with Gasteiger partial charge in [-0.05, 0) is 116 Å². The van der Waals surface area contributed by atoms with E-state index in [0.717, 1.165) is 88.2 Å². The van der Waals surface area contributed by atoms with Crippen molar-refractivity contribution in [1.29, 1.82) is 0 Å². The first kappa shape index (κ1) is 40.0. The molecule has 0 saturated heterocycles. The SMILES string of the molecule is CCC(CC)N(C)c1nc(C)nc(Oc2c(C)cc(C)cc2C)c1C.CCC(CC)N(C)c1nc(C)nc(Oc2ccc(OC)cc2C)c1C. The van der Waals surface area contributed by atoms with Gasteiger partial charge < -0.3 is 24.0 Å². The van der Waals surface area contributed by atoms with Crippen LogP contribution in [0, 0.1) is 55.4 Å². The van der Waals surface area contributed by atoms with Crippen molar-refractivity contribution in [3.8, 4) is 29.0 Å². The number of aromatic nitrogens is 4. The molecular formula is C41H60N6O3. The lowest BCUT2D eigenvalue weighted by Crippen LogP contribution is -2.32. The third-order valence-corrected chi connectivity index (χ3v) is 9.42. The Morgan fingerprint density at radius 2 is 1.02 bits per heavy atom. The summed E-state index contributed by atoms with van der Waals surface area (Å²) in [6, 6.07) is 11.0. The summed E-state index contributed by atoms with van der Waals surface area (Å²) in [6.07, 6.45) is 4.32. The number of anilines is 2. The fourth-order valence-electron chi connectivity index (χ4n) is 6.47. The maximum atomic E-state index is 6.27. The molecule has 4 rings (SSSR count). The van der Waals surface area contributed by atoms with E-state index in [9.17, 15) is 0 Å². The molecule has 50 heavy (non-hydrogen) atoms. The third-order valence-electron chi connectivity index (χ3n) is 9.42. The minimum Gasteiger partial charge on any atom is -0.497 e. The van der Waals surface area contributed by atoms with Gasteiger partial charge in [0.05, 0.1) is 18.2 Å². The normalized spacial score (nSPS) is 11.0. The Bertz CT molecular complexity index is 1710. The quantitative estimate of drug-likeness (QED) is 0.137. The van der Waals surface area contributed by atoms with Gasteiger partial charge in [-0.3, -0.25) is 0 Å². The van der Waals surface area contributed by atoms with E-state index < -0.39 is 0 Å². The van der Waals surface area contributed by atoms with Gasteiger partial charge in [0.15, 0.2) is 0 Å².